The lowest BCUT2D eigenvalue weighted by Gasteiger charge is -2.13. The molecule has 5 nitrogen and oxygen atoms in total. The predicted molar refractivity (Wildman–Crippen MR) is 68.7 cm³/mol. The Hall–Kier alpha value is -2.17. The summed E-state index contributed by atoms with van der Waals surface area (Å²) in [5.74, 6) is 0.424. The van der Waals surface area contributed by atoms with Gasteiger partial charge in [0.15, 0.2) is 0 Å². The minimum atomic E-state index is -0.467. The lowest BCUT2D eigenvalue weighted by molar-refractivity contribution is 0.0999. The molecule has 0 aliphatic carbocycles. The second-order valence-electron chi connectivity index (χ2n) is 4.17. The minimum Gasteiger partial charge on any atom is -0.365 e. The fourth-order valence-corrected chi connectivity index (χ4v) is 2.12. The van der Waals surface area contributed by atoms with E-state index in [1.54, 1.807) is 13.1 Å². The molecule has 2 N–H and O–H groups in total. The summed E-state index contributed by atoms with van der Waals surface area (Å²) in [6, 6.07) is 1.86. The molecule has 0 aromatic carbocycles. The van der Waals surface area contributed by atoms with E-state index in [4.69, 9.17) is 5.73 Å². The van der Waals surface area contributed by atoms with E-state index in [0.29, 0.717) is 11.3 Å². The van der Waals surface area contributed by atoms with Gasteiger partial charge >= 0.3 is 0 Å². The van der Waals surface area contributed by atoms with Crippen molar-refractivity contribution in [3.63, 3.8) is 0 Å². The molecular weight excluding hydrogens is 228 g/mol. The van der Waals surface area contributed by atoms with E-state index in [-0.39, 0.29) is 0 Å². The van der Waals surface area contributed by atoms with Gasteiger partial charge in [-0.3, -0.25) is 9.78 Å². The number of pyridine rings is 1. The second-order valence-corrected chi connectivity index (χ2v) is 4.17. The second kappa shape index (κ2) is 4.60. The smallest absolute Gasteiger partial charge is 0.252 e. The standard InChI is InChI=1S/C13H16N4O/c1-4-11-15-5-6-17(11)10-7-8(2)16-9(3)12(10)13(14)18/h5-7H,4H2,1-3H3,(H2,14,18). The predicted octanol–water partition coefficient (Wildman–Crippen LogP) is 1.55. The Morgan fingerprint density at radius 2 is 2.17 bits per heavy atom. The number of carbonyl (C=O) groups excluding carboxylic acids is 1. The first-order valence-electron chi connectivity index (χ1n) is 5.85. The summed E-state index contributed by atoms with van der Waals surface area (Å²) in [7, 11) is 0. The van der Waals surface area contributed by atoms with E-state index in [1.807, 2.05) is 30.7 Å². The van der Waals surface area contributed by atoms with E-state index in [0.717, 1.165) is 23.6 Å². The lowest BCUT2D eigenvalue weighted by atomic mass is 10.1. The summed E-state index contributed by atoms with van der Waals surface area (Å²) in [6.07, 6.45) is 4.33. The van der Waals surface area contributed by atoms with Gasteiger partial charge in [0, 0.05) is 24.5 Å². The van der Waals surface area contributed by atoms with Crippen LogP contribution in [0, 0.1) is 13.8 Å². The molecule has 0 saturated carbocycles. The van der Waals surface area contributed by atoms with Gasteiger partial charge in [0.2, 0.25) is 0 Å². The van der Waals surface area contributed by atoms with E-state index in [2.05, 4.69) is 9.97 Å². The number of aryl methyl sites for hydroxylation is 3. The van der Waals surface area contributed by atoms with Crippen molar-refractivity contribution in [1.29, 1.82) is 0 Å². The van der Waals surface area contributed by atoms with Gasteiger partial charge in [0.05, 0.1) is 16.9 Å². The third-order valence-electron chi connectivity index (χ3n) is 2.85. The number of amides is 1. The first kappa shape index (κ1) is 12.3. The summed E-state index contributed by atoms with van der Waals surface area (Å²) in [6.45, 7) is 5.70. The Kier molecular flexibility index (Phi) is 3.14. The highest BCUT2D eigenvalue weighted by Gasteiger charge is 2.16. The van der Waals surface area contributed by atoms with Crippen LogP contribution in [0.25, 0.3) is 5.69 Å². The number of hydrogen-bond acceptors (Lipinski definition) is 3. The number of hydrogen-bond donors (Lipinski definition) is 1. The third-order valence-corrected chi connectivity index (χ3v) is 2.85. The topological polar surface area (TPSA) is 73.8 Å². The molecule has 18 heavy (non-hydrogen) atoms. The van der Waals surface area contributed by atoms with Gasteiger partial charge in [-0.2, -0.15) is 0 Å². The number of nitrogens with zero attached hydrogens (tertiary/aromatic N) is 3. The number of aromatic nitrogens is 3. The molecule has 5 heteroatoms. The van der Waals surface area contributed by atoms with Gasteiger partial charge in [-0.25, -0.2) is 4.98 Å². The molecule has 0 aliphatic heterocycles. The molecule has 2 heterocycles. The molecule has 2 aromatic heterocycles. The summed E-state index contributed by atoms with van der Waals surface area (Å²) in [5.41, 5.74) is 8.15. The molecule has 0 fully saturated rings. The summed E-state index contributed by atoms with van der Waals surface area (Å²) in [4.78, 5) is 20.1. The van der Waals surface area contributed by atoms with Gasteiger partial charge in [0.1, 0.15) is 5.82 Å². The molecule has 2 rings (SSSR count). The zero-order chi connectivity index (χ0) is 13.3. The van der Waals surface area contributed by atoms with Crippen LogP contribution in [0.15, 0.2) is 18.5 Å². The largest absolute Gasteiger partial charge is 0.365 e. The Bertz CT molecular complexity index is 601. The van der Waals surface area contributed by atoms with E-state index >= 15 is 0 Å². The minimum absolute atomic E-state index is 0.452. The van der Waals surface area contributed by atoms with Crippen LogP contribution in [0.4, 0.5) is 0 Å². The molecule has 0 bridgehead atoms. The van der Waals surface area contributed by atoms with Gasteiger partial charge < -0.3 is 10.3 Å². The quantitative estimate of drug-likeness (QED) is 0.890. The van der Waals surface area contributed by atoms with Crippen LogP contribution in [0.1, 0.15) is 34.5 Å². The fourth-order valence-electron chi connectivity index (χ4n) is 2.12. The Morgan fingerprint density at radius 1 is 1.44 bits per heavy atom. The van der Waals surface area contributed by atoms with Crippen LogP contribution < -0.4 is 5.73 Å². The summed E-state index contributed by atoms with van der Waals surface area (Å²) < 4.78 is 1.89. The number of rotatable bonds is 3. The van der Waals surface area contributed by atoms with Gasteiger partial charge in [0.25, 0.3) is 5.91 Å². The molecule has 0 atom stereocenters. The van der Waals surface area contributed by atoms with Crippen molar-refractivity contribution >= 4 is 5.91 Å². The van der Waals surface area contributed by atoms with Gasteiger partial charge in [-0.15, -0.1) is 0 Å². The van der Waals surface area contributed by atoms with E-state index in [1.165, 1.54) is 0 Å². The van der Waals surface area contributed by atoms with Gasteiger partial charge in [-0.05, 0) is 19.9 Å². The van der Waals surface area contributed by atoms with Crippen molar-refractivity contribution in [2.75, 3.05) is 0 Å². The summed E-state index contributed by atoms with van der Waals surface area (Å²) in [5, 5.41) is 0. The molecule has 0 radical (unpaired) electrons. The molecule has 94 valence electrons. The first-order chi connectivity index (χ1) is 8.54. The molecular formula is C13H16N4O. The maximum Gasteiger partial charge on any atom is 0.252 e. The van der Waals surface area contributed by atoms with Crippen molar-refractivity contribution in [2.24, 2.45) is 5.73 Å². The number of nitrogens with two attached hydrogens (primary N) is 1. The number of carbonyl (C=O) groups is 1. The first-order valence-corrected chi connectivity index (χ1v) is 5.85. The van der Waals surface area contributed by atoms with Crippen LogP contribution in [0.2, 0.25) is 0 Å². The third kappa shape index (κ3) is 1.99. The number of imidazole rings is 1. The molecule has 2 aromatic rings. The Labute approximate surface area is 106 Å². The normalized spacial score (nSPS) is 10.6. The maximum atomic E-state index is 11.6. The van der Waals surface area contributed by atoms with Crippen molar-refractivity contribution in [1.82, 2.24) is 14.5 Å². The average molecular weight is 244 g/mol. The van der Waals surface area contributed by atoms with Crippen LogP contribution in [-0.2, 0) is 6.42 Å². The van der Waals surface area contributed by atoms with Crippen molar-refractivity contribution in [3.05, 3.63) is 41.2 Å². The van der Waals surface area contributed by atoms with Crippen LogP contribution in [0.3, 0.4) is 0 Å². The Morgan fingerprint density at radius 3 is 2.78 bits per heavy atom. The Balaban J connectivity index is 2.73. The highest BCUT2D eigenvalue weighted by Crippen LogP contribution is 2.20. The zero-order valence-electron chi connectivity index (χ0n) is 10.8. The van der Waals surface area contributed by atoms with E-state index < -0.39 is 5.91 Å². The number of primary amides is 1. The summed E-state index contributed by atoms with van der Waals surface area (Å²) >= 11 is 0. The van der Waals surface area contributed by atoms with Crippen LogP contribution in [-0.4, -0.2) is 20.4 Å². The highest BCUT2D eigenvalue weighted by atomic mass is 16.1. The maximum absolute atomic E-state index is 11.6. The fraction of sp³-hybridized carbons (Fsp3) is 0.308. The monoisotopic (exact) mass is 244 g/mol. The van der Waals surface area contributed by atoms with Crippen LogP contribution in [0.5, 0.6) is 0 Å². The molecule has 0 aliphatic rings. The molecule has 0 saturated heterocycles. The van der Waals surface area contributed by atoms with Crippen LogP contribution >= 0.6 is 0 Å². The van der Waals surface area contributed by atoms with Gasteiger partial charge in [-0.1, -0.05) is 6.92 Å². The van der Waals surface area contributed by atoms with Crippen molar-refractivity contribution in [2.45, 2.75) is 27.2 Å². The highest BCUT2D eigenvalue weighted by molar-refractivity contribution is 5.97. The van der Waals surface area contributed by atoms with E-state index in [9.17, 15) is 4.79 Å². The molecule has 0 unspecified atom stereocenters. The van der Waals surface area contributed by atoms with Crippen molar-refractivity contribution in [3.8, 4) is 5.69 Å². The molecule has 0 spiro atoms. The zero-order valence-corrected chi connectivity index (χ0v) is 10.8. The van der Waals surface area contributed by atoms with Crippen molar-refractivity contribution < 1.29 is 4.79 Å². The average Bonchev–Trinajstić information content (AvgIpc) is 2.74. The SMILES string of the molecule is CCc1nccn1-c1cc(C)nc(C)c1C(N)=O. The molecule has 1 amide bonds. The lowest BCUT2D eigenvalue weighted by Crippen LogP contribution is -2.18.